The summed E-state index contributed by atoms with van der Waals surface area (Å²) in [6.45, 7) is 4.42. The summed E-state index contributed by atoms with van der Waals surface area (Å²) >= 11 is 0. The number of allylic oxidation sites excluding steroid dienone is 1. The quantitative estimate of drug-likeness (QED) is 0.532. The molecule has 5 heteroatoms. The third-order valence-corrected chi connectivity index (χ3v) is 6.49. The second-order valence-corrected chi connectivity index (χ2v) is 8.97. The first-order chi connectivity index (χ1) is 15.0. The summed E-state index contributed by atoms with van der Waals surface area (Å²) in [5, 5.41) is 3.73. The van der Waals surface area contributed by atoms with E-state index in [1.807, 2.05) is 24.3 Å². The average molecular weight is 421 g/mol. The maximum absolute atomic E-state index is 13.2. The van der Waals surface area contributed by atoms with Gasteiger partial charge in [0.05, 0.1) is 11.1 Å². The Labute approximate surface area is 184 Å². The Balaban J connectivity index is 1.47. The number of aromatic nitrogens is 1. The predicted molar refractivity (Wildman–Crippen MR) is 122 cm³/mol. The van der Waals surface area contributed by atoms with Crippen molar-refractivity contribution in [1.82, 2.24) is 10.3 Å². The highest BCUT2D eigenvalue weighted by molar-refractivity contribution is 6.05. The van der Waals surface area contributed by atoms with Gasteiger partial charge < -0.3 is 10.1 Å². The van der Waals surface area contributed by atoms with E-state index in [9.17, 15) is 9.59 Å². The highest BCUT2D eigenvalue weighted by Crippen LogP contribution is 2.32. The van der Waals surface area contributed by atoms with Crippen LogP contribution in [0, 0.1) is 5.92 Å². The maximum Gasteiger partial charge on any atom is 0.339 e. The lowest BCUT2D eigenvalue weighted by atomic mass is 9.84. The predicted octanol–water partition coefficient (Wildman–Crippen LogP) is 4.91. The van der Waals surface area contributed by atoms with Crippen molar-refractivity contribution < 1.29 is 14.3 Å². The van der Waals surface area contributed by atoms with Gasteiger partial charge in [-0.3, -0.25) is 9.78 Å². The molecule has 2 aliphatic carbocycles. The number of para-hydroxylation sites is 1. The molecule has 164 valence electrons. The van der Waals surface area contributed by atoms with E-state index < -0.39 is 12.1 Å². The van der Waals surface area contributed by atoms with Crippen molar-refractivity contribution in [3.8, 4) is 0 Å². The molecule has 2 aromatic rings. The largest absolute Gasteiger partial charge is 0.449 e. The number of carbonyl (C=O) groups is 2. The number of nitrogens with one attached hydrogen (secondary N) is 1. The number of fused-ring (bicyclic) bond motifs is 2. The van der Waals surface area contributed by atoms with Gasteiger partial charge in [-0.05, 0) is 75.8 Å². The fourth-order valence-corrected chi connectivity index (χ4v) is 4.69. The molecule has 0 unspecified atom stereocenters. The zero-order chi connectivity index (χ0) is 21.8. The van der Waals surface area contributed by atoms with Crippen LogP contribution >= 0.6 is 0 Å². The van der Waals surface area contributed by atoms with Gasteiger partial charge in [-0.15, -0.1) is 0 Å². The van der Waals surface area contributed by atoms with E-state index in [-0.39, 0.29) is 5.91 Å². The Morgan fingerprint density at radius 3 is 2.87 bits per heavy atom. The van der Waals surface area contributed by atoms with Gasteiger partial charge in [0.1, 0.15) is 0 Å². The molecule has 1 N–H and O–H groups in total. The van der Waals surface area contributed by atoms with Gasteiger partial charge in [0.2, 0.25) is 0 Å². The van der Waals surface area contributed by atoms with Crippen molar-refractivity contribution in [2.75, 3.05) is 6.54 Å². The number of carbonyl (C=O) groups excluding carboxylic acids is 2. The number of ether oxygens (including phenoxy) is 1. The van der Waals surface area contributed by atoms with Crippen LogP contribution in [0.15, 0.2) is 35.9 Å². The topological polar surface area (TPSA) is 68.3 Å². The molecule has 1 heterocycles. The number of benzene rings is 1. The number of hydrogen-bond acceptors (Lipinski definition) is 4. The molecule has 0 aliphatic heterocycles. The van der Waals surface area contributed by atoms with Crippen LogP contribution in [0.1, 0.15) is 74.0 Å². The molecule has 1 aromatic heterocycles. The molecule has 2 aliphatic rings. The summed E-state index contributed by atoms with van der Waals surface area (Å²) in [7, 11) is 0. The van der Waals surface area contributed by atoms with Crippen LogP contribution in [0.3, 0.4) is 0 Å². The second-order valence-electron chi connectivity index (χ2n) is 8.97. The number of amides is 1. The molecule has 0 radical (unpaired) electrons. The fourth-order valence-electron chi connectivity index (χ4n) is 4.69. The smallest absolute Gasteiger partial charge is 0.339 e. The number of pyridine rings is 1. The zero-order valence-corrected chi connectivity index (χ0v) is 18.6. The Morgan fingerprint density at radius 2 is 2.06 bits per heavy atom. The molecule has 4 rings (SSSR count). The average Bonchev–Trinajstić information content (AvgIpc) is 2.78. The van der Waals surface area contributed by atoms with E-state index in [0.29, 0.717) is 18.0 Å². The summed E-state index contributed by atoms with van der Waals surface area (Å²) in [4.78, 5) is 30.6. The highest BCUT2D eigenvalue weighted by atomic mass is 16.5. The van der Waals surface area contributed by atoms with Crippen molar-refractivity contribution >= 4 is 22.8 Å². The molecule has 0 spiro atoms. The van der Waals surface area contributed by atoms with E-state index >= 15 is 0 Å². The summed E-state index contributed by atoms with van der Waals surface area (Å²) in [5.41, 5.74) is 4.78. The first-order valence-corrected chi connectivity index (χ1v) is 11.6. The summed E-state index contributed by atoms with van der Waals surface area (Å²) < 4.78 is 5.66. The molecule has 0 bridgehead atoms. The molecule has 1 amide bonds. The minimum absolute atomic E-state index is 0.245. The summed E-state index contributed by atoms with van der Waals surface area (Å²) in [5.74, 6) is -0.177. The van der Waals surface area contributed by atoms with Gasteiger partial charge in [-0.1, -0.05) is 36.8 Å². The Kier molecular flexibility index (Phi) is 6.69. The highest BCUT2D eigenvalue weighted by Gasteiger charge is 2.28. The van der Waals surface area contributed by atoms with Crippen LogP contribution in [-0.4, -0.2) is 29.5 Å². The van der Waals surface area contributed by atoms with Crippen LogP contribution in [0.2, 0.25) is 0 Å². The molecule has 0 fully saturated rings. The van der Waals surface area contributed by atoms with Crippen LogP contribution < -0.4 is 5.32 Å². The molecule has 0 saturated carbocycles. The van der Waals surface area contributed by atoms with Crippen LogP contribution in [0.4, 0.5) is 0 Å². The standard InChI is InChI=1S/C26H32N2O3/c1-17-12-13-23-21(16-17)24(20-10-6-7-11-22(20)28-23)26(30)31-18(2)25(29)27-15-14-19-8-4-3-5-9-19/h6-8,10-11,17-18H,3-5,9,12-16H2,1-2H3,(H,27,29)/t17-,18-/m0/s1. The van der Waals surface area contributed by atoms with E-state index in [0.717, 1.165) is 60.7 Å². The second kappa shape index (κ2) is 9.63. The molecule has 31 heavy (non-hydrogen) atoms. The lowest BCUT2D eigenvalue weighted by molar-refractivity contribution is -0.129. The van der Waals surface area contributed by atoms with E-state index in [4.69, 9.17) is 9.72 Å². The molecular formula is C26H32N2O3. The monoisotopic (exact) mass is 420 g/mol. The Bertz CT molecular complexity index is 1010. The lowest BCUT2D eigenvalue weighted by Gasteiger charge is -2.24. The SMILES string of the molecule is C[C@H]1CCc2nc3ccccc3c(C(=O)O[C@@H](C)C(=O)NCCC3=CCCCC3)c2C1. The summed E-state index contributed by atoms with van der Waals surface area (Å²) in [6, 6.07) is 7.69. The number of nitrogens with zero attached hydrogens (tertiary/aromatic N) is 1. The van der Waals surface area contributed by atoms with Gasteiger partial charge in [0.25, 0.3) is 5.91 Å². The van der Waals surface area contributed by atoms with Crippen molar-refractivity contribution in [3.05, 3.63) is 52.7 Å². The first kappa shape index (κ1) is 21.5. The molecular weight excluding hydrogens is 388 g/mol. The van der Waals surface area contributed by atoms with Crippen LogP contribution in [-0.2, 0) is 22.4 Å². The Morgan fingerprint density at radius 1 is 1.23 bits per heavy atom. The number of esters is 1. The molecule has 2 atom stereocenters. The lowest BCUT2D eigenvalue weighted by Crippen LogP contribution is -2.36. The molecule has 5 nitrogen and oxygen atoms in total. The van der Waals surface area contributed by atoms with Gasteiger partial charge in [0.15, 0.2) is 6.10 Å². The van der Waals surface area contributed by atoms with Crippen LogP contribution in [0.5, 0.6) is 0 Å². The number of aryl methyl sites for hydroxylation is 1. The Hall–Kier alpha value is -2.69. The minimum atomic E-state index is -0.837. The van der Waals surface area contributed by atoms with Crippen molar-refractivity contribution in [3.63, 3.8) is 0 Å². The van der Waals surface area contributed by atoms with Gasteiger partial charge >= 0.3 is 5.97 Å². The van der Waals surface area contributed by atoms with E-state index in [1.165, 1.54) is 18.4 Å². The van der Waals surface area contributed by atoms with Gasteiger partial charge in [-0.2, -0.15) is 0 Å². The third kappa shape index (κ3) is 4.97. The van der Waals surface area contributed by atoms with E-state index in [1.54, 1.807) is 6.92 Å². The third-order valence-electron chi connectivity index (χ3n) is 6.49. The van der Waals surface area contributed by atoms with E-state index in [2.05, 4.69) is 18.3 Å². The zero-order valence-electron chi connectivity index (χ0n) is 18.6. The maximum atomic E-state index is 13.2. The normalized spacial score (nSPS) is 19.3. The minimum Gasteiger partial charge on any atom is -0.449 e. The fraction of sp³-hybridized carbons (Fsp3) is 0.500. The van der Waals surface area contributed by atoms with Crippen molar-refractivity contribution in [2.45, 2.75) is 71.3 Å². The van der Waals surface area contributed by atoms with Crippen molar-refractivity contribution in [1.29, 1.82) is 0 Å². The van der Waals surface area contributed by atoms with Crippen molar-refractivity contribution in [2.24, 2.45) is 5.92 Å². The van der Waals surface area contributed by atoms with Crippen LogP contribution in [0.25, 0.3) is 10.9 Å². The van der Waals surface area contributed by atoms with Gasteiger partial charge in [-0.25, -0.2) is 4.79 Å². The summed E-state index contributed by atoms with van der Waals surface area (Å²) in [6.07, 6.45) is 9.83. The molecule has 0 saturated heterocycles. The molecule has 1 aromatic carbocycles. The number of hydrogen-bond donors (Lipinski definition) is 1. The van der Waals surface area contributed by atoms with Gasteiger partial charge in [0, 0.05) is 17.6 Å². The first-order valence-electron chi connectivity index (χ1n) is 11.6. The number of rotatable bonds is 6.